The van der Waals surface area contributed by atoms with Crippen LogP contribution in [0, 0.1) is 6.92 Å². The van der Waals surface area contributed by atoms with Gasteiger partial charge in [-0.05, 0) is 31.9 Å². The molecule has 0 atom stereocenters. The van der Waals surface area contributed by atoms with Gasteiger partial charge in [-0.3, -0.25) is 0 Å². The lowest BCUT2D eigenvalue weighted by molar-refractivity contribution is 0.901. The van der Waals surface area contributed by atoms with Crippen LogP contribution < -0.4 is 5.32 Å². The van der Waals surface area contributed by atoms with Crippen LogP contribution in [0.25, 0.3) is 0 Å². The van der Waals surface area contributed by atoms with E-state index < -0.39 is 0 Å². The number of benzene rings is 1. The van der Waals surface area contributed by atoms with Gasteiger partial charge in [0.25, 0.3) is 0 Å². The van der Waals surface area contributed by atoms with Gasteiger partial charge in [0.1, 0.15) is 11.6 Å². The van der Waals surface area contributed by atoms with Gasteiger partial charge in [0.05, 0.1) is 0 Å². The Morgan fingerprint density at radius 1 is 1.15 bits per heavy atom. The third kappa shape index (κ3) is 3.28. The normalized spacial score (nSPS) is 10.6. The number of hydrogen-bond acceptors (Lipinski definition) is 3. The largest absolute Gasteiger partial charge is 0.370 e. The maximum Gasteiger partial charge on any atom is 0.135 e. The van der Waals surface area contributed by atoms with E-state index in [2.05, 4.69) is 29.1 Å². The van der Waals surface area contributed by atoms with Crippen LogP contribution in [0.3, 0.4) is 0 Å². The van der Waals surface area contributed by atoms with E-state index in [0.717, 1.165) is 40.9 Å². The fourth-order valence-electron chi connectivity index (χ4n) is 2.28. The average molecular weight is 290 g/mol. The fourth-order valence-corrected chi connectivity index (χ4v) is 2.48. The van der Waals surface area contributed by atoms with E-state index in [1.165, 1.54) is 5.56 Å². The summed E-state index contributed by atoms with van der Waals surface area (Å²) in [5.74, 6) is 1.76. The Morgan fingerprint density at radius 2 is 1.90 bits per heavy atom. The summed E-state index contributed by atoms with van der Waals surface area (Å²) in [7, 11) is 0. The Bertz CT molecular complexity index is 596. The Hall–Kier alpha value is -1.61. The van der Waals surface area contributed by atoms with Gasteiger partial charge in [0.2, 0.25) is 0 Å². The van der Waals surface area contributed by atoms with Crippen LogP contribution in [-0.4, -0.2) is 16.5 Å². The molecule has 0 spiro atoms. The maximum absolute atomic E-state index is 6.20. The van der Waals surface area contributed by atoms with Crippen molar-refractivity contribution in [3.05, 3.63) is 51.9 Å². The zero-order valence-electron chi connectivity index (χ0n) is 12.2. The van der Waals surface area contributed by atoms with Gasteiger partial charge in [-0.2, -0.15) is 0 Å². The molecule has 2 rings (SSSR count). The molecule has 1 aromatic carbocycles. The molecule has 0 saturated carbocycles. The first-order valence-corrected chi connectivity index (χ1v) is 7.37. The van der Waals surface area contributed by atoms with Crippen LogP contribution in [0.15, 0.2) is 24.3 Å². The average Bonchev–Trinajstić information content (AvgIpc) is 2.42. The molecule has 20 heavy (non-hydrogen) atoms. The summed E-state index contributed by atoms with van der Waals surface area (Å²) < 4.78 is 0. The van der Waals surface area contributed by atoms with Crippen molar-refractivity contribution in [1.29, 1.82) is 0 Å². The van der Waals surface area contributed by atoms with Crippen molar-refractivity contribution >= 4 is 17.4 Å². The molecule has 0 unspecified atom stereocenters. The number of halogens is 1. The number of hydrogen-bond donors (Lipinski definition) is 1. The van der Waals surface area contributed by atoms with Crippen LogP contribution in [0.1, 0.15) is 36.5 Å². The molecule has 0 aliphatic carbocycles. The van der Waals surface area contributed by atoms with Crippen LogP contribution in [-0.2, 0) is 12.8 Å². The first-order valence-electron chi connectivity index (χ1n) is 6.99. The lowest BCUT2D eigenvalue weighted by Gasteiger charge is -2.13. The van der Waals surface area contributed by atoms with E-state index in [1.54, 1.807) is 0 Å². The Morgan fingerprint density at radius 3 is 2.55 bits per heavy atom. The summed E-state index contributed by atoms with van der Waals surface area (Å²) in [6.45, 7) is 7.09. The van der Waals surface area contributed by atoms with Gasteiger partial charge in [-0.25, -0.2) is 9.97 Å². The molecule has 106 valence electrons. The standard InChI is InChI=1S/C16H20ClN3/c1-4-13-11(3)19-15(20-16(13)18-5-2)10-12-8-6-7-9-14(12)17/h6-9H,4-5,10H2,1-3H3,(H,18,19,20). The van der Waals surface area contributed by atoms with Crippen LogP contribution in [0.5, 0.6) is 0 Å². The molecule has 0 aliphatic rings. The number of anilines is 1. The van der Waals surface area contributed by atoms with Crippen molar-refractivity contribution in [3.8, 4) is 0 Å². The van der Waals surface area contributed by atoms with Crippen molar-refractivity contribution in [2.45, 2.75) is 33.6 Å². The highest BCUT2D eigenvalue weighted by Crippen LogP contribution is 2.21. The summed E-state index contributed by atoms with van der Waals surface area (Å²) in [5.41, 5.74) is 3.29. The zero-order chi connectivity index (χ0) is 14.5. The minimum Gasteiger partial charge on any atom is -0.370 e. The number of aromatic nitrogens is 2. The summed E-state index contributed by atoms with van der Waals surface area (Å²) in [6.07, 6.45) is 1.59. The highest BCUT2D eigenvalue weighted by molar-refractivity contribution is 6.31. The van der Waals surface area contributed by atoms with E-state index in [9.17, 15) is 0 Å². The molecule has 4 heteroatoms. The second kappa shape index (κ2) is 6.71. The topological polar surface area (TPSA) is 37.8 Å². The summed E-state index contributed by atoms with van der Waals surface area (Å²) in [5, 5.41) is 4.09. The van der Waals surface area contributed by atoms with Gasteiger partial charge < -0.3 is 5.32 Å². The molecular weight excluding hydrogens is 270 g/mol. The monoisotopic (exact) mass is 289 g/mol. The molecule has 0 aliphatic heterocycles. The third-order valence-corrected chi connectivity index (χ3v) is 3.63. The molecule has 0 amide bonds. The molecule has 1 heterocycles. The van der Waals surface area contributed by atoms with Crippen molar-refractivity contribution < 1.29 is 0 Å². The first kappa shape index (κ1) is 14.8. The van der Waals surface area contributed by atoms with Crippen molar-refractivity contribution in [3.63, 3.8) is 0 Å². The van der Waals surface area contributed by atoms with Crippen molar-refractivity contribution in [1.82, 2.24) is 9.97 Å². The molecule has 3 nitrogen and oxygen atoms in total. The lowest BCUT2D eigenvalue weighted by Crippen LogP contribution is -2.10. The van der Waals surface area contributed by atoms with E-state index in [1.807, 2.05) is 31.2 Å². The van der Waals surface area contributed by atoms with E-state index in [0.29, 0.717) is 6.42 Å². The molecule has 2 aromatic rings. The second-order valence-electron chi connectivity index (χ2n) is 4.70. The van der Waals surface area contributed by atoms with E-state index in [4.69, 9.17) is 11.6 Å². The minimum absolute atomic E-state index is 0.656. The van der Waals surface area contributed by atoms with Crippen LogP contribution in [0.2, 0.25) is 5.02 Å². The van der Waals surface area contributed by atoms with Crippen LogP contribution in [0.4, 0.5) is 5.82 Å². The van der Waals surface area contributed by atoms with Gasteiger partial charge in [-0.15, -0.1) is 0 Å². The molecule has 0 bridgehead atoms. The number of rotatable bonds is 5. The zero-order valence-corrected chi connectivity index (χ0v) is 13.0. The van der Waals surface area contributed by atoms with E-state index in [-0.39, 0.29) is 0 Å². The fraction of sp³-hybridized carbons (Fsp3) is 0.375. The minimum atomic E-state index is 0.656. The highest BCUT2D eigenvalue weighted by Gasteiger charge is 2.11. The third-order valence-electron chi connectivity index (χ3n) is 3.26. The molecule has 0 saturated heterocycles. The van der Waals surface area contributed by atoms with Gasteiger partial charge in [0, 0.05) is 29.2 Å². The van der Waals surface area contributed by atoms with E-state index >= 15 is 0 Å². The van der Waals surface area contributed by atoms with Gasteiger partial charge >= 0.3 is 0 Å². The summed E-state index contributed by atoms with van der Waals surface area (Å²) in [6, 6.07) is 7.83. The molecule has 1 aromatic heterocycles. The lowest BCUT2D eigenvalue weighted by atomic mass is 10.1. The second-order valence-corrected chi connectivity index (χ2v) is 5.11. The van der Waals surface area contributed by atoms with Gasteiger partial charge in [0.15, 0.2) is 0 Å². The number of nitrogens with one attached hydrogen (secondary N) is 1. The van der Waals surface area contributed by atoms with Crippen molar-refractivity contribution in [2.75, 3.05) is 11.9 Å². The van der Waals surface area contributed by atoms with Crippen molar-refractivity contribution in [2.24, 2.45) is 0 Å². The molecule has 0 radical (unpaired) electrons. The molecule has 0 fully saturated rings. The predicted octanol–water partition coefficient (Wildman–Crippen LogP) is 4.02. The molecular formula is C16H20ClN3. The van der Waals surface area contributed by atoms with Crippen LogP contribution >= 0.6 is 11.6 Å². The highest BCUT2D eigenvalue weighted by atomic mass is 35.5. The Balaban J connectivity index is 2.35. The quantitative estimate of drug-likeness (QED) is 0.903. The Kier molecular flexibility index (Phi) is 4.96. The number of nitrogens with zero attached hydrogens (tertiary/aromatic N) is 2. The Labute approximate surface area is 125 Å². The first-order chi connectivity index (χ1) is 9.65. The van der Waals surface area contributed by atoms with Gasteiger partial charge in [-0.1, -0.05) is 36.7 Å². The smallest absolute Gasteiger partial charge is 0.135 e. The number of aryl methyl sites for hydroxylation is 1. The maximum atomic E-state index is 6.20. The summed E-state index contributed by atoms with van der Waals surface area (Å²) >= 11 is 6.20. The predicted molar refractivity (Wildman–Crippen MR) is 84.6 cm³/mol. The SMILES string of the molecule is CCNc1nc(Cc2ccccc2Cl)nc(C)c1CC. The molecule has 1 N–H and O–H groups in total. The summed E-state index contributed by atoms with van der Waals surface area (Å²) in [4.78, 5) is 9.26.